The van der Waals surface area contributed by atoms with Gasteiger partial charge < -0.3 is 10.2 Å². The van der Waals surface area contributed by atoms with Crippen LogP contribution in [0.5, 0.6) is 0 Å². The molecule has 1 N–H and O–H groups in total. The maximum absolute atomic E-state index is 13.6. The van der Waals surface area contributed by atoms with Gasteiger partial charge in [-0.1, -0.05) is 6.07 Å². The van der Waals surface area contributed by atoms with Crippen LogP contribution in [0.4, 0.5) is 10.2 Å². The van der Waals surface area contributed by atoms with E-state index in [1.165, 1.54) is 18.5 Å². The minimum absolute atomic E-state index is 0.00117. The van der Waals surface area contributed by atoms with Crippen molar-refractivity contribution in [2.24, 2.45) is 0 Å². The summed E-state index contributed by atoms with van der Waals surface area (Å²) >= 11 is 0. The summed E-state index contributed by atoms with van der Waals surface area (Å²) in [5, 5.41) is 3.39. The topological polar surface area (TPSA) is 58.1 Å². The molecule has 0 saturated heterocycles. The lowest BCUT2D eigenvalue weighted by atomic mass is 9.99. The molecule has 1 atom stereocenters. The molecule has 0 radical (unpaired) electrons. The number of hydrogen-bond acceptors (Lipinski definition) is 4. The molecule has 0 spiro atoms. The molecule has 0 bridgehead atoms. The van der Waals surface area contributed by atoms with Gasteiger partial charge in [-0.25, -0.2) is 14.4 Å². The summed E-state index contributed by atoms with van der Waals surface area (Å²) in [5.74, 6) is 0.443. The Kier molecular flexibility index (Phi) is 4.23. The highest BCUT2D eigenvalue weighted by Gasteiger charge is 2.24. The van der Waals surface area contributed by atoms with E-state index < -0.39 is 0 Å². The Hall–Kier alpha value is -2.50. The third-order valence-electron chi connectivity index (χ3n) is 4.10. The average molecular weight is 314 g/mol. The summed E-state index contributed by atoms with van der Waals surface area (Å²) in [6, 6.07) is 6.61. The van der Waals surface area contributed by atoms with E-state index in [9.17, 15) is 9.18 Å². The van der Waals surface area contributed by atoms with Crippen LogP contribution in [0.3, 0.4) is 0 Å². The minimum atomic E-state index is -0.286. The molecule has 23 heavy (non-hydrogen) atoms. The standard InChI is InChI=1S/C17H19FN4O/c1-11-7-17(20-10-19-11)21-16-5-6-22(12(2)23)9-13-8-14(18)3-4-15(13)16/h3-4,7-8,10,16H,5-6,9H2,1-2H3,(H,19,20,21). The fourth-order valence-electron chi connectivity index (χ4n) is 2.91. The number of benzene rings is 1. The number of aryl methyl sites for hydroxylation is 1. The molecule has 1 unspecified atom stereocenters. The molecule has 0 fully saturated rings. The monoisotopic (exact) mass is 314 g/mol. The molecule has 1 aromatic heterocycles. The van der Waals surface area contributed by atoms with Crippen molar-refractivity contribution in [3.8, 4) is 0 Å². The van der Waals surface area contributed by atoms with Gasteiger partial charge in [-0.3, -0.25) is 4.79 Å². The van der Waals surface area contributed by atoms with Gasteiger partial charge in [0.2, 0.25) is 5.91 Å². The number of anilines is 1. The van der Waals surface area contributed by atoms with Gasteiger partial charge in [0.15, 0.2) is 0 Å². The van der Waals surface area contributed by atoms with Crippen LogP contribution in [0.25, 0.3) is 0 Å². The van der Waals surface area contributed by atoms with Crippen LogP contribution >= 0.6 is 0 Å². The number of nitrogens with zero attached hydrogens (tertiary/aromatic N) is 3. The molecule has 2 aromatic rings. The van der Waals surface area contributed by atoms with Crippen LogP contribution < -0.4 is 5.32 Å². The van der Waals surface area contributed by atoms with E-state index in [0.717, 1.165) is 29.1 Å². The van der Waals surface area contributed by atoms with Crippen molar-refractivity contribution in [1.29, 1.82) is 0 Å². The number of carbonyl (C=O) groups excluding carboxylic acids is 1. The molecular weight excluding hydrogens is 295 g/mol. The van der Waals surface area contributed by atoms with Crippen LogP contribution in [-0.2, 0) is 11.3 Å². The minimum Gasteiger partial charge on any atom is -0.363 e. The van der Waals surface area contributed by atoms with Crippen molar-refractivity contribution in [2.45, 2.75) is 32.9 Å². The normalized spacial score (nSPS) is 17.3. The number of halogens is 1. The molecule has 1 aliphatic heterocycles. The van der Waals surface area contributed by atoms with E-state index in [4.69, 9.17) is 0 Å². The summed E-state index contributed by atoms with van der Waals surface area (Å²) in [4.78, 5) is 21.8. The Bertz CT molecular complexity index is 734. The van der Waals surface area contributed by atoms with Gasteiger partial charge in [-0.15, -0.1) is 0 Å². The van der Waals surface area contributed by atoms with Crippen LogP contribution in [0, 0.1) is 12.7 Å². The van der Waals surface area contributed by atoms with E-state index in [1.807, 2.05) is 13.0 Å². The molecule has 120 valence electrons. The summed E-state index contributed by atoms with van der Waals surface area (Å²) in [6.07, 6.45) is 2.25. The predicted octanol–water partition coefficient (Wildman–Crippen LogP) is 2.83. The number of aromatic nitrogens is 2. The first-order valence-corrected chi connectivity index (χ1v) is 7.62. The molecular formula is C17H19FN4O. The van der Waals surface area contributed by atoms with E-state index in [0.29, 0.717) is 13.1 Å². The SMILES string of the molecule is CC(=O)N1CCC(Nc2cc(C)ncn2)c2ccc(F)cc2C1. The highest BCUT2D eigenvalue weighted by atomic mass is 19.1. The van der Waals surface area contributed by atoms with Gasteiger partial charge in [0, 0.05) is 31.8 Å². The third-order valence-corrected chi connectivity index (χ3v) is 4.10. The number of hydrogen-bond donors (Lipinski definition) is 1. The zero-order chi connectivity index (χ0) is 16.4. The first kappa shape index (κ1) is 15.4. The first-order valence-electron chi connectivity index (χ1n) is 7.62. The van der Waals surface area contributed by atoms with Crippen molar-refractivity contribution in [3.63, 3.8) is 0 Å². The Morgan fingerprint density at radius 3 is 2.91 bits per heavy atom. The van der Waals surface area contributed by atoms with Gasteiger partial charge in [0.05, 0.1) is 6.04 Å². The molecule has 6 heteroatoms. The molecule has 1 amide bonds. The maximum atomic E-state index is 13.6. The molecule has 1 aliphatic rings. The van der Waals surface area contributed by atoms with Crippen molar-refractivity contribution in [3.05, 3.63) is 53.2 Å². The molecule has 0 aliphatic carbocycles. The van der Waals surface area contributed by atoms with Crippen LogP contribution in [0.2, 0.25) is 0 Å². The number of rotatable bonds is 2. The van der Waals surface area contributed by atoms with Crippen molar-refractivity contribution in [2.75, 3.05) is 11.9 Å². The van der Waals surface area contributed by atoms with E-state index in [-0.39, 0.29) is 17.8 Å². The van der Waals surface area contributed by atoms with Crippen LogP contribution in [-0.4, -0.2) is 27.3 Å². The largest absolute Gasteiger partial charge is 0.363 e. The second kappa shape index (κ2) is 6.32. The highest BCUT2D eigenvalue weighted by molar-refractivity contribution is 5.73. The summed E-state index contributed by atoms with van der Waals surface area (Å²) in [5.41, 5.74) is 2.72. The molecule has 5 nitrogen and oxygen atoms in total. The zero-order valence-electron chi connectivity index (χ0n) is 13.2. The Balaban J connectivity index is 1.93. The first-order chi connectivity index (χ1) is 11.0. The molecule has 1 aromatic carbocycles. The smallest absolute Gasteiger partial charge is 0.219 e. The second-order valence-electron chi connectivity index (χ2n) is 5.81. The Morgan fingerprint density at radius 2 is 2.17 bits per heavy atom. The third kappa shape index (κ3) is 3.47. The number of amides is 1. The van der Waals surface area contributed by atoms with E-state index in [1.54, 1.807) is 17.9 Å². The number of carbonyl (C=O) groups is 1. The average Bonchev–Trinajstić information content (AvgIpc) is 2.67. The second-order valence-corrected chi connectivity index (χ2v) is 5.81. The lowest BCUT2D eigenvalue weighted by Crippen LogP contribution is -2.28. The van der Waals surface area contributed by atoms with Gasteiger partial charge in [-0.2, -0.15) is 0 Å². The Labute approximate surface area is 134 Å². The quantitative estimate of drug-likeness (QED) is 0.926. The maximum Gasteiger partial charge on any atom is 0.219 e. The van der Waals surface area contributed by atoms with E-state index >= 15 is 0 Å². The number of nitrogens with one attached hydrogen (secondary N) is 1. The predicted molar refractivity (Wildman–Crippen MR) is 85.2 cm³/mol. The molecule has 0 saturated carbocycles. The highest BCUT2D eigenvalue weighted by Crippen LogP contribution is 2.30. The van der Waals surface area contributed by atoms with Crippen LogP contribution in [0.1, 0.15) is 36.2 Å². The van der Waals surface area contributed by atoms with E-state index in [2.05, 4.69) is 15.3 Å². The number of fused-ring (bicyclic) bond motifs is 1. The lowest BCUT2D eigenvalue weighted by molar-refractivity contribution is -0.129. The Morgan fingerprint density at radius 1 is 1.35 bits per heavy atom. The van der Waals surface area contributed by atoms with Gasteiger partial charge in [0.25, 0.3) is 0 Å². The fraction of sp³-hybridized carbons (Fsp3) is 0.353. The van der Waals surface area contributed by atoms with Gasteiger partial charge in [0.1, 0.15) is 18.0 Å². The van der Waals surface area contributed by atoms with Gasteiger partial charge in [-0.05, 0) is 36.6 Å². The summed E-state index contributed by atoms with van der Waals surface area (Å²) in [6.45, 7) is 4.50. The van der Waals surface area contributed by atoms with Crippen molar-refractivity contribution in [1.82, 2.24) is 14.9 Å². The van der Waals surface area contributed by atoms with Gasteiger partial charge >= 0.3 is 0 Å². The summed E-state index contributed by atoms with van der Waals surface area (Å²) in [7, 11) is 0. The molecule has 2 heterocycles. The molecule has 3 rings (SSSR count). The van der Waals surface area contributed by atoms with Crippen LogP contribution in [0.15, 0.2) is 30.6 Å². The van der Waals surface area contributed by atoms with Crippen molar-refractivity contribution < 1.29 is 9.18 Å². The van der Waals surface area contributed by atoms with Crippen molar-refractivity contribution >= 4 is 11.7 Å². The zero-order valence-corrected chi connectivity index (χ0v) is 13.2. The summed E-state index contributed by atoms with van der Waals surface area (Å²) < 4.78 is 13.6. The lowest BCUT2D eigenvalue weighted by Gasteiger charge is -2.20. The fourth-order valence-corrected chi connectivity index (χ4v) is 2.91.